The van der Waals surface area contributed by atoms with E-state index >= 15 is 0 Å². The Morgan fingerprint density at radius 2 is 2.00 bits per heavy atom. The minimum absolute atomic E-state index is 0.00221. The van der Waals surface area contributed by atoms with Crippen LogP contribution in [0.3, 0.4) is 0 Å². The van der Waals surface area contributed by atoms with Gasteiger partial charge in [-0.25, -0.2) is 4.98 Å². The van der Waals surface area contributed by atoms with Crippen molar-refractivity contribution in [3.05, 3.63) is 59.3 Å². The molecule has 1 aliphatic carbocycles. The van der Waals surface area contributed by atoms with Crippen LogP contribution in [0.5, 0.6) is 0 Å². The van der Waals surface area contributed by atoms with Crippen LogP contribution in [-0.4, -0.2) is 47.5 Å². The number of carbonyl (C=O) groups excluding carboxylic acids is 2. The number of fused-ring (bicyclic) bond motifs is 1. The highest BCUT2D eigenvalue weighted by Crippen LogP contribution is 2.50. The molecular weight excluding hydrogens is 366 g/mol. The molecule has 152 valence electrons. The summed E-state index contributed by atoms with van der Waals surface area (Å²) in [5, 5.41) is 3.04. The molecule has 1 N–H and O–H groups in total. The van der Waals surface area contributed by atoms with Crippen molar-refractivity contribution in [1.82, 2.24) is 9.88 Å². The van der Waals surface area contributed by atoms with Crippen LogP contribution in [0.25, 0.3) is 0 Å². The molecule has 0 radical (unpaired) electrons. The zero-order valence-electron chi connectivity index (χ0n) is 17.0. The molecule has 2 heterocycles. The number of rotatable bonds is 5. The second kappa shape index (κ2) is 7.95. The molecule has 1 spiro atoms. The normalized spacial score (nSPS) is 20.0. The van der Waals surface area contributed by atoms with E-state index in [1.807, 2.05) is 48.2 Å². The summed E-state index contributed by atoms with van der Waals surface area (Å²) in [7, 11) is 1.64. The van der Waals surface area contributed by atoms with E-state index in [-0.39, 0.29) is 11.8 Å². The molecule has 6 heteroatoms. The first kappa shape index (κ1) is 19.6. The van der Waals surface area contributed by atoms with Gasteiger partial charge in [0.1, 0.15) is 5.82 Å². The first-order chi connectivity index (χ1) is 14.1. The van der Waals surface area contributed by atoms with Gasteiger partial charge in [0.05, 0.1) is 18.1 Å². The molecule has 1 aromatic carbocycles. The number of aryl methyl sites for hydroxylation is 1. The number of carbonyl (C=O) groups is 2. The van der Waals surface area contributed by atoms with Gasteiger partial charge < -0.3 is 15.0 Å². The number of benzene rings is 1. The molecule has 0 bridgehead atoms. The molecule has 29 heavy (non-hydrogen) atoms. The zero-order chi connectivity index (χ0) is 20.4. The van der Waals surface area contributed by atoms with Crippen molar-refractivity contribution in [3.63, 3.8) is 0 Å². The minimum Gasteiger partial charge on any atom is -0.383 e. The fourth-order valence-corrected chi connectivity index (χ4v) is 4.98. The molecule has 1 atom stereocenters. The maximum atomic E-state index is 13.6. The minimum atomic E-state index is -0.517. The summed E-state index contributed by atoms with van der Waals surface area (Å²) in [6, 6.07) is 11.3. The number of ether oxygens (including phenoxy) is 1. The van der Waals surface area contributed by atoms with Crippen LogP contribution in [0, 0.1) is 6.92 Å². The Balaban J connectivity index is 1.80. The average molecular weight is 393 g/mol. The lowest BCUT2D eigenvalue weighted by molar-refractivity contribution is -0.121. The van der Waals surface area contributed by atoms with Crippen LogP contribution >= 0.6 is 0 Å². The highest BCUT2D eigenvalue weighted by Gasteiger charge is 2.55. The van der Waals surface area contributed by atoms with Gasteiger partial charge in [-0.3, -0.25) is 9.59 Å². The fourth-order valence-electron chi connectivity index (χ4n) is 4.98. The first-order valence-corrected chi connectivity index (χ1v) is 10.2. The Hall–Kier alpha value is -2.73. The quantitative estimate of drug-likeness (QED) is 0.844. The van der Waals surface area contributed by atoms with Gasteiger partial charge in [0.15, 0.2) is 0 Å². The van der Waals surface area contributed by atoms with Crippen molar-refractivity contribution in [1.29, 1.82) is 0 Å². The van der Waals surface area contributed by atoms with Crippen molar-refractivity contribution in [3.8, 4) is 0 Å². The molecule has 2 aliphatic rings. The Kier molecular flexibility index (Phi) is 5.37. The van der Waals surface area contributed by atoms with Crippen LogP contribution in [0.1, 0.15) is 53.1 Å². The highest BCUT2D eigenvalue weighted by atomic mass is 16.5. The van der Waals surface area contributed by atoms with E-state index in [2.05, 4.69) is 10.3 Å². The summed E-state index contributed by atoms with van der Waals surface area (Å²) in [5.74, 6) is 0.0364. The van der Waals surface area contributed by atoms with Gasteiger partial charge >= 0.3 is 0 Å². The Morgan fingerprint density at radius 3 is 2.72 bits per heavy atom. The van der Waals surface area contributed by atoms with Crippen LogP contribution < -0.4 is 5.32 Å². The lowest BCUT2D eigenvalue weighted by Gasteiger charge is -2.50. The number of methoxy groups -OCH3 is 1. The monoisotopic (exact) mass is 393 g/mol. The van der Waals surface area contributed by atoms with Gasteiger partial charge in [-0.05, 0) is 43.0 Å². The van der Waals surface area contributed by atoms with Crippen molar-refractivity contribution in [2.75, 3.05) is 25.6 Å². The number of nitrogens with one attached hydrogen (secondary N) is 1. The van der Waals surface area contributed by atoms with Gasteiger partial charge in [-0.1, -0.05) is 37.1 Å². The van der Waals surface area contributed by atoms with Crippen molar-refractivity contribution >= 4 is 17.6 Å². The van der Waals surface area contributed by atoms with Crippen LogP contribution in [-0.2, 0) is 9.53 Å². The molecular formula is C23H27N3O3. The highest BCUT2D eigenvalue weighted by molar-refractivity contribution is 6.05. The molecule has 2 amide bonds. The summed E-state index contributed by atoms with van der Waals surface area (Å²) in [5.41, 5.74) is 1.83. The lowest BCUT2D eigenvalue weighted by Crippen LogP contribution is -2.60. The van der Waals surface area contributed by atoms with E-state index < -0.39 is 11.5 Å². The maximum Gasteiger partial charge on any atom is 0.254 e. The zero-order valence-corrected chi connectivity index (χ0v) is 17.0. The third-order valence-electron chi connectivity index (χ3n) is 6.32. The van der Waals surface area contributed by atoms with Crippen molar-refractivity contribution in [2.45, 2.75) is 44.1 Å². The maximum absolute atomic E-state index is 13.6. The second-order valence-corrected chi connectivity index (χ2v) is 7.94. The molecule has 6 nitrogen and oxygen atoms in total. The standard InChI is InChI=1S/C23H27N3O3/c1-16-8-7-13-24-20(16)25-21(27)19-17-9-3-4-10-18(17)22(28)26(14-15-29-2)23(19)11-5-6-12-23/h3-4,7-10,13,19H,5-6,11-12,14-15H2,1-2H3,(H,24,25,27)/t19-/m1/s1. The summed E-state index contributed by atoms with van der Waals surface area (Å²) >= 11 is 0. The Morgan fingerprint density at radius 1 is 1.24 bits per heavy atom. The summed E-state index contributed by atoms with van der Waals surface area (Å²) in [6.45, 7) is 2.86. The third kappa shape index (κ3) is 3.31. The summed E-state index contributed by atoms with van der Waals surface area (Å²) in [6.07, 6.45) is 5.32. The van der Waals surface area contributed by atoms with Crippen LogP contribution in [0.2, 0.25) is 0 Å². The second-order valence-electron chi connectivity index (χ2n) is 7.94. The molecule has 1 saturated carbocycles. The number of pyridine rings is 1. The molecule has 1 aromatic heterocycles. The van der Waals surface area contributed by atoms with E-state index in [4.69, 9.17) is 4.74 Å². The van der Waals surface area contributed by atoms with E-state index in [0.29, 0.717) is 24.5 Å². The van der Waals surface area contributed by atoms with E-state index in [9.17, 15) is 9.59 Å². The SMILES string of the molecule is COCCN1C(=O)c2ccccc2[C@H](C(=O)Nc2ncccc2C)C12CCCC2. The Labute approximate surface area is 171 Å². The third-order valence-corrected chi connectivity index (χ3v) is 6.32. The van der Waals surface area contributed by atoms with Gasteiger partial charge in [-0.15, -0.1) is 0 Å². The van der Waals surface area contributed by atoms with E-state index in [1.165, 1.54) is 0 Å². The van der Waals surface area contributed by atoms with Gasteiger partial charge in [0, 0.05) is 25.4 Å². The van der Waals surface area contributed by atoms with E-state index in [1.54, 1.807) is 13.3 Å². The number of amides is 2. The van der Waals surface area contributed by atoms with Crippen LogP contribution in [0.15, 0.2) is 42.6 Å². The lowest BCUT2D eigenvalue weighted by atomic mass is 9.71. The largest absolute Gasteiger partial charge is 0.383 e. The van der Waals surface area contributed by atoms with Gasteiger partial charge in [0.25, 0.3) is 5.91 Å². The van der Waals surface area contributed by atoms with Crippen LogP contribution in [0.4, 0.5) is 5.82 Å². The average Bonchev–Trinajstić information content (AvgIpc) is 3.19. The van der Waals surface area contributed by atoms with Crippen molar-refractivity contribution < 1.29 is 14.3 Å². The summed E-state index contributed by atoms with van der Waals surface area (Å²) < 4.78 is 5.29. The Bertz CT molecular complexity index is 921. The predicted molar refractivity (Wildman–Crippen MR) is 111 cm³/mol. The first-order valence-electron chi connectivity index (χ1n) is 10.2. The number of nitrogens with zero attached hydrogens (tertiary/aromatic N) is 2. The number of anilines is 1. The van der Waals surface area contributed by atoms with Gasteiger partial charge in [-0.2, -0.15) is 0 Å². The summed E-state index contributed by atoms with van der Waals surface area (Å²) in [4.78, 5) is 33.3. The van der Waals surface area contributed by atoms with Gasteiger partial charge in [0.2, 0.25) is 5.91 Å². The molecule has 1 aliphatic heterocycles. The molecule has 0 unspecified atom stereocenters. The number of hydrogen-bond acceptors (Lipinski definition) is 4. The number of hydrogen-bond donors (Lipinski definition) is 1. The smallest absolute Gasteiger partial charge is 0.254 e. The van der Waals surface area contributed by atoms with Crippen molar-refractivity contribution in [2.24, 2.45) is 0 Å². The predicted octanol–water partition coefficient (Wildman–Crippen LogP) is 3.53. The fraction of sp³-hybridized carbons (Fsp3) is 0.435. The topological polar surface area (TPSA) is 71.5 Å². The van der Waals surface area contributed by atoms with E-state index in [0.717, 1.165) is 36.8 Å². The molecule has 4 rings (SSSR count). The number of aromatic nitrogens is 1. The molecule has 0 saturated heterocycles. The molecule has 1 fully saturated rings. The molecule has 2 aromatic rings.